The molecule has 1 aromatic heterocycles. The Morgan fingerprint density at radius 2 is 1.86 bits per heavy atom. The van der Waals surface area contributed by atoms with Crippen molar-refractivity contribution >= 4 is 28.2 Å². The summed E-state index contributed by atoms with van der Waals surface area (Å²) in [4.78, 5) is 23.1. The number of aryl methyl sites for hydroxylation is 2. The van der Waals surface area contributed by atoms with Crippen LogP contribution in [0.1, 0.15) is 43.4 Å². The fourth-order valence-corrected chi connectivity index (χ4v) is 5.01. The zero-order valence-electron chi connectivity index (χ0n) is 22.0. The van der Waals surface area contributed by atoms with Crippen LogP contribution < -0.4 is 10.9 Å². The summed E-state index contributed by atoms with van der Waals surface area (Å²) in [6.07, 6.45) is 2.03. The van der Waals surface area contributed by atoms with Crippen molar-refractivity contribution in [2.45, 2.75) is 47.1 Å². The number of hydrogen-bond acceptors (Lipinski definition) is 5. The largest absolute Gasteiger partial charge is 0.379 e. The molecule has 1 aliphatic rings. The highest BCUT2D eigenvalue weighted by Gasteiger charge is 2.16. The number of pyridine rings is 1. The topological polar surface area (TPSA) is 63.8 Å². The number of ether oxygens (including phenoxy) is 1. The van der Waals surface area contributed by atoms with Crippen LogP contribution in [0.4, 0.5) is 0 Å². The van der Waals surface area contributed by atoms with E-state index >= 15 is 0 Å². The summed E-state index contributed by atoms with van der Waals surface area (Å²) in [6, 6.07) is 6.24. The van der Waals surface area contributed by atoms with Gasteiger partial charge in [-0.15, -0.1) is 0 Å². The minimum Gasteiger partial charge on any atom is -0.379 e. The number of rotatable bonds is 12. The van der Waals surface area contributed by atoms with Crippen LogP contribution in [-0.2, 0) is 11.3 Å². The Bertz CT molecular complexity index is 1010. The van der Waals surface area contributed by atoms with Crippen LogP contribution in [0, 0.1) is 13.8 Å². The van der Waals surface area contributed by atoms with Gasteiger partial charge in [0.25, 0.3) is 5.56 Å². The third-order valence-electron chi connectivity index (χ3n) is 6.87. The van der Waals surface area contributed by atoms with E-state index in [0.717, 1.165) is 106 Å². The summed E-state index contributed by atoms with van der Waals surface area (Å²) in [7, 11) is 0. The lowest BCUT2D eigenvalue weighted by atomic mass is 10.0. The van der Waals surface area contributed by atoms with Gasteiger partial charge in [0.05, 0.1) is 19.8 Å². The Labute approximate surface area is 215 Å². The summed E-state index contributed by atoms with van der Waals surface area (Å²) >= 11 is 5.82. The standard InChI is InChI=1S/C27H43N5O2S/c1-5-30(6-2)10-7-9-28-27(35)32(12-8-11-31-13-15-34-16-14-31)20-23-19-24-22(4)17-21(3)18-25(24)29-26(23)33/h17-19H,5-16,20H2,1-4H3,(H,28,35)(H,29,33). The van der Waals surface area contributed by atoms with Crippen LogP contribution in [0.3, 0.4) is 0 Å². The van der Waals surface area contributed by atoms with E-state index in [1.807, 2.05) is 12.1 Å². The van der Waals surface area contributed by atoms with E-state index in [2.05, 4.69) is 58.8 Å². The van der Waals surface area contributed by atoms with E-state index in [9.17, 15) is 4.79 Å². The predicted octanol–water partition coefficient (Wildman–Crippen LogP) is 3.28. The molecule has 0 radical (unpaired) electrons. The Balaban J connectivity index is 1.68. The third-order valence-corrected chi connectivity index (χ3v) is 7.27. The molecule has 7 nitrogen and oxygen atoms in total. The minimum atomic E-state index is -0.0370. The Hall–Kier alpha value is -2.00. The molecule has 194 valence electrons. The number of H-pyrrole nitrogens is 1. The molecule has 1 aromatic carbocycles. The summed E-state index contributed by atoms with van der Waals surface area (Å²) in [5, 5.41) is 5.28. The number of benzene rings is 1. The first-order chi connectivity index (χ1) is 16.9. The van der Waals surface area contributed by atoms with E-state index < -0.39 is 0 Å². The van der Waals surface area contributed by atoms with Crippen molar-refractivity contribution in [3.05, 3.63) is 45.2 Å². The van der Waals surface area contributed by atoms with Crippen LogP contribution in [-0.4, -0.2) is 90.4 Å². The Morgan fingerprint density at radius 1 is 1.11 bits per heavy atom. The monoisotopic (exact) mass is 501 g/mol. The first kappa shape index (κ1) is 27.6. The van der Waals surface area contributed by atoms with Gasteiger partial charge in [-0.25, -0.2) is 0 Å². The van der Waals surface area contributed by atoms with Crippen LogP contribution in [0.5, 0.6) is 0 Å². The maximum atomic E-state index is 13.0. The van der Waals surface area contributed by atoms with E-state index in [1.165, 1.54) is 5.56 Å². The van der Waals surface area contributed by atoms with E-state index in [0.29, 0.717) is 6.54 Å². The molecule has 1 fully saturated rings. The van der Waals surface area contributed by atoms with Gasteiger partial charge in [-0.2, -0.15) is 0 Å². The number of aromatic nitrogens is 1. The number of nitrogens with zero attached hydrogens (tertiary/aromatic N) is 3. The summed E-state index contributed by atoms with van der Waals surface area (Å²) in [5.41, 5.74) is 3.94. The second-order valence-electron chi connectivity index (χ2n) is 9.51. The highest BCUT2D eigenvalue weighted by atomic mass is 32.1. The smallest absolute Gasteiger partial charge is 0.253 e. The van der Waals surface area contributed by atoms with Gasteiger partial charge in [0.1, 0.15) is 0 Å². The van der Waals surface area contributed by atoms with Crippen LogP contribution in [0.2, 0.25) is 0 Å². The molecule has 35 heavy (non-hydrogen) atoms. The lowest BCUT2D eigenvalue weighted by Gasteiger charge is -2.29. The highest BCUT2D eigenvalue weighted by molar-refractivity contribution is 7.80. The molecule has 2 aromatic rings. The van der Waals surface area contributed by atoms with Gasteiger partial charge in [-0.05, 0) is 81.8 Å². The van der Waals surface area contributed by atoms with Gasteiger partial charge >= 0.3 is 0 Å². The fraction of sp³-hybridized carbons (Fsp3) is 0.630. The molecule has 0 amide bonds. The Kier molecular flexibility index (Phi) is 11.0. The zero-order chi connectivity index (χ0) is 25.2. The second kappa shape index (κ2) is 13.9. The van der Waals surface area contributed by atoms with E-state index in [4.69, 9.17) is 17.0 Å². The average Bonchev–Trinajstić information content (AvgIpc) is 2.84. The normalized spacial score (nSPS) is 14.5. The number of morpholine rings is 1. The Morgan fingerprint density at radius 3 is 2.57 bits per heavy atom. The number of nitrogens with one attached hydrogen (secondary N) is 2. The first-order valence-corrected chi connectivity index (χ1v) is 13.5. The first-order valence-electron chi connectivity index (χ1n) is 13.1. The van der Waals surface area contributed by atoms with Crippen molar-refractivity contribution < 1.29 is 4.74 Å². The number of thiocarbonyl (C=S) groups is 1. The van der Waals surface area contributed by atoms with Gasteiger partial charge < -0.3 is 24.8 Å². The van der Waals surface area contributed by atoms with Crippen molar-refractivity contribution in [2.24, 2.45) is 0 Å². The van der Waals surface area contributed by atoms with Crippen LogP contribution >= 0.6 is 12.2 Å². The number of hydrogen-bond donors (Lipinski definition) is 2. The lowest BCUT2D eigenvalue weighted by molar-refractivity contribution is 0.0367. The molecule has 1 saturated heterocycles. The van der Waals surface area contributed by atoms with Crippen molar-refractivity contribution in [1.29, 1.82) is 0 Å². The molecule has 0 atom stereocenters. The zero-order valence-corrected chi connectivity index (χ0v) is 22.8. The molecule has 1 aliphatic heterocycles. The maximum Gasteiger partial charge on any atom is 0.253 e. The SMILES string of the molecule is CCN(CC)CCCNC(=S)N(CCCN1CCOCC1)Cc1cc2c(C)cc(C)cc2[nH]c1=O. The van der Waals surface area contributed by atoms with E-state index in [-0.39, 0.29) is 5.56 Å². The highest BCUT2D eigenvalue weighted by Crippen LogP contribution is 2.19. The van der Waals surface area contributed by atoms with E-state index in [1.54, 1.807) is 0 Å². The van der Waals surface area contributed by atoms with Gasteiger partial charge in [0, 0.05) is 49.2 Å². The minimum absolute atomic E-state index is 0.0370. The molecule has 8 heteroatoms. The number of aromatic amines is 1. The van der Waals surface area contributed by atoms with Crippen LogP contribution in [0.15, 0.2) is 23.0 Å². The van der Waals surface area contributed by atoms with Gasteiger partial charge in [0.2, 0.25) is 0 Å². The molecule has 0 unspecified atom stereocenters. The molecule has 0 saturated carbocycles. The van der Waals surface area contributed by atoms with Crippen molar-refractivity contribution in [3.8, 4) is 0 Å². The average molecular weight is 502 g/mol. The molecule has 0 aliphatic carbocycles. The maximum absolute atomic E-state index is 13.0. The molecular weight excluding hydrogens is 458 g/mol. The molecule has 2 heterocycles. The molecule has 2 N–H and O–H groups in total. The molecule has 0 bridgehead atoms. The molecular formula is C27H43N5O2S. The van der Waals surface area contributed by atoms with Gasteiger partial charge in [-0.3, -0.25) is 9.69 Å². The third kappa shape index (κ3) is 8.27. The summed E-state index contributed by atoms with van der Waals surface area (Å²) < 4.78 is 5.47. The van der Waals surface area contributed by atoms with Gasteiger partial charge in [0.15, 0.2) is 5.11 Å². The predicted molar refractivity (Wildman–Crippen MR) is 149 cm³/mol. The summed E-state index contributed by atoms with van der Waals surface area (Å²) in [5.74, 6) is 0. The summed E-state index contributed by atoms with van der Waals surface area (Å²) in [6.45, 7) is 18.5. The van der Waals surface area contributed by atoms with Crippen molar-refractivity contribution in [2.75, 3.05) is 65.6 Å². The van der Waals surface area contributed by atoms with Crippen molar-refractivity contribution in [3.63, 3.8) is 0 Å². The number of fused-ring (bicyclic) bond motifs is 1. The lowest BCUT2D eigenvalue weighted by Crippen LogP contribution is -2.43. The second-order valence-corrected chi connectivity index (χ2v) is 9.89. The van der Waals surface area contributed by atoms with Crippen LogP contribution in [0.25, 0.3) is 10.9 Å². The molecule has 0 spiro atoms. The van der Waals surface area contributed by atoms with Crippen molar-refractivity contribution in [1.82, 2.24) is 25.0 Å². The quantitative estimate of drug-likeness (QED) is 0.342. The molecule has 3 rings (SSSR count). The fourth-order valence-electron chi connectivity index (χ4n) is 4.75. The van der Waals surface area contributed by atoms with Gasteiger partial charge in [-0.1, -0.05) is 19.9 Å².